The Bertz CT molecular complexity index is 578. The van der Waals surface area contributed by atoms with Crippen LogP contribution in [0, 0.1) is 25.2 Å². The molecule has 0 aliphatic carbocycles. The number of nitriles is 1. The van der Waals surface area contributed by atoms with Crippen molar-refractivity contribution in [3.63, 3.8) is 0 Å². The van der Waals surface area contributed by atoms with Crippen LogP contribution < -0.4 is 5.32 Å². The van der Waals surface area contributed by atoms with Gasteiger partial charge in [0.25, 0.3) is 0 Å². The second-order valence-electron chi connectivity index (χ2n) is 4.12. The van der Waals surface area contributed by atoms with Gasteiger partial charge in [-0.05, 0) is 32.9 Å². The van der Waals surface area contributed by atoms with Crippen molar-refractivity contribution in [1.82, 2.24) is 10.1 Å². The number of hydrogen-bond acceptors (Lipinski definition) is 5. The fourth-order valence-electron chi connectivity index (χ4n) is 2.00. The van der Waals surface area contributed by atoms with E-state index in [0.717, 1.165) is 17.0 Å². The first kappa shape index (κ1) is 12.1. The zero-order chi connectivity index (χ0) is 13.1. The van der Waals surface area contributed by atoms with Gasteiger partial charge in [-0.15, -0.1) is 0 Å². The van der Waals surface area contributed by atoms with Crippen LogP contribution in [-0.4, -0.2) is 10.1 Å². The zero-order valence-electron chi connectivity index (χ0n) is 10.6. The largest absolute Gasteiger partial charge is 0.362 e. The molecular weight excluding hydrogens is 228 g/mol. The first-order valence-corrected chi connectivity index (χ1v) is 5.68. The minimum Gasteiger partial charge on any atom is -0.362 e. The topological polar surface area (TPSA) is 74.7 Å². The van der Waals surface area contributed by atoms with Gasteiger partial charge in [0.15, 0.2) is 0 Å². The number of anilines is 1. The van der Waals surface area contributed by atoms with E-state index >= 15 is 0 Å². The van der Waals surface area contributed by atoms with Crippen LogP contribution in [0.2, 0.25) is 0 Å². The highest BCUT2D eigenvalue weighted by Crippen LogP contribution is 2.25. The Morgan fingerprint density at radius 2 is 2.22 bits per heavy atom. The minimum atomic E-state index is -0.0155. The van der Waals surface area contributed by atoms with Gasteiger partial charge in [0.05, 0.1) is 17.3 Å². The van der Waals surface area contributed by atoms with Gasteiger partial charge in [0.1, 0.15) is 17.6 Å². The summed E-state index contributed by atoms with van der Waals surface area (Å²) < 4.78 is 5.14. The highest BCUT2D eigenvalue weighted by molar-refractivity contribution is 5.52. The van der Waals surface area contributed by atoms with Crippen molar-refractivity contribution in [2.75, 3.05) is 5.32 Å². The molecule has 0 saturated heterocycles. The molecule has 18 heavy (non-hydrogen) atoms. The molecule has 1 N–H and O–H groups in total. The molecule has 0 aliphatic heterocycles. The summed E-state index contributed by atoms with van der Waals surface area (Å²) in [5.41, 5.74) is 2.38. The molecule has 1 unspecified atom stereocenters. The summed E-state index contributed by atoms with van der Waals surface area (Å²) in [6.45, 7) is 5.76. The van der Waals surface area contributed by atoms with Crippen molar-refractivity contribution < 1.29 is 4.52 Å². The summed E-state index contributed by atoms with van der Waals surface area (Å²) in [5, 5.41) is 16.1. The Balaban J connectivity index is 2.27. The van der Waals surface area contributed by atoms with Gasteiger partial charge in [-0.25, -0.2) is 4.98 Å². The summed E-state index contributed by atoms with van der Waals surface area (Å²) in [7, 11) is 0. The van der Waals surface area contributed by atoms with Crippen molar-refractivity contribution in [3.8, 4) is 6.07 Å². The molecule has 0 aromatic carbocycles. The normalized spacial score (nSPS) is 11.9. The summed E-state index contributed by atoms with van der Waals surface area (Å²) in [6, 6.07) is 5.57. The van der Waals surface area contributed by atoms with Crippen LogP contribution in [0.4, 0.5) is 5.82 Å². The summed E-state index contributed by atoms with van der Waals surface area (Å²) in [4.78, 5) is 4.17. The van der Waals surface area contributed by atoms with E-state index in [-0.39, 0.29) is 6.04 Å². The third kappa shape index (κ3) is 2.18. The maximum atomic E-state index is 9.01. The molecule has 0 aliphatic rings. The van der Waals surface area contributed by atoms with Crippen LogP contribution in [0.3, 0.4) is 0 Å². The number of nitrogens with zero attached hydrogens (tertiary/aromatic N) is 3. The average Bonchev–Trinajstić information content (AvgIpc) is 2.69. The van der Waals surface area contributed by atoms with E-state index in [1.54, 1.807) is 18.3 Å². The molecule has 0 fully saturated rings. The van der Waals surface area contributed by atoms with Crippen LogP contribution >= 0.6 is 0 Å². The van der Waals surface area contributed by atoms with Gasteiger partial charge in [0.2, 0.25) is 0 Å². The molecule has 92 valence electrons. The molecule has 5 nitrogen and oxygen atoms in total. The molecule has 0 amide bonds. The Hall–Kier alpha value is -2.35. The quantitative estimate of drug-likeness (QED) is 0.895. The Labute approximate surface area is 105 Å². The summed E-state index contributed by atoms with van der Waals surface area (Å²) >= 11 is 0. The number of pyridine rings is 1. The summed E-state index contributed by atoms with van der Waals surface area (Å²) in [5.74, 6) is 1.36. The SMILES string of the molecule is Cc1noc(C)c1C(C)Nc1ncccc1C#N. The lowest BCUT2D eigenvalue weighted by atomic mass is 10.1. The van der Waals surface area contributed by atoms with E-state index < -0.39 is 0 Å². The smallest absolute Gasteiger partial charge is 0.144 e. The molecule has 2 heterocycles. The number of aromatic nitrogens is 2. The third-order valence-corrected chi connectivity index (χ3v) is 2.80. The van der Waals surface area contributed by atoms with Crippen molar-refractivity contribution >= 4 is 5.82 Å². The number of hydrogen-bond donors (Lipinski definition) is 1. The standard InChI is InChI=1S/C13H14N4O/c1-8(12-9(2)17-18-10(12)3)16-13-11(7-14)5-4-6-15-13/h4-6,8H,1-3H3,(H,15,16). The van der Waals surface area contributed by atoms with E-state index in [4.69, 9.17) is 9.78 Å². The second kappa shape index (κ2) is 4.88. The molecule has 0 spiro atoms. The number of nitrogens with one attached hydrogen (secondary N) is 1. The van der Waals surface area contributed by atoms with Crippen LogP contribution in [0.5, 0.6) is 0 Å². The molecule has 0 saturated carbocycles. The molecule has 0 radical (unpaired) electrons. The fraction of sp³-hybridized carbons (Fsp3) is 0.308. The third-order valence-electron chi connectivity index (χ3n) is 2.80. The molecule has 2 aromatic rings. The van der Waals surface area contributed by atoms with Crippen LogP contribution in [0.15, 0.2) is 22.9 Å². The Kier molecular flexibility index (Phi) is 3.28. The van der Waals surface area contributed by atoms with Gasteiger partial charge in [0, 0.05) is 11.8 Å². The molecule has 2 rings (SSSR count). The van der Waals surface area contributed by atoms with Gasteiger partial charge >= 0.3 is 0 Å². The molecular formula is C13H14N4O. The van der Waals surface area contributed by atoms with E-state index in [1.807, 2.05) is 20.8 Å². The Morgan fingerprint density at radius 3 is 2.83 bits per heavy atom. The maximum absolute atomic E-state index is 9.01. The van der Waals surface area contributed by atoms with E-state index in [9.17, 15) is 0 Å². The predicted octanol–water partition coefficient (Wildman–Crippen LogP) is 2.73. The number of aryl methyl sites for hydroxylation is 2. The highest BCUT2D eigenvalue weighted by Gasteiger charge is 2.17. The lowest BCUT2D eigenvalue weighted by molar-refractivity contribution is 0.392. The number of rotatable bonds is 3. The monoisotopic (exact) mass is 242 g/mol. The van der Waals surface area contributed by atoms with E-state index in [0.29, 0.717) is 11.4 Å². The van der Waals surface area contributed by atoms with Crippen LogP contribution in [0.1, 0.15) is 35.5 Å². The van der Waals surface area contributed by atoms with E-state index in [2.05, 4.69) is 21.5 Å². The van der Waals surface area contributed by atoms with Crippen LogP contribution in [0.25, 0.3) is 0 Å². The van der Waals surface area contributed by atoms with Gasteiger partial charge in [-0.1, -0.05) is 5.16 Å². The fourth-order valence-corrected chi connectivity index (χ4v) is 2.00. The zero-order valence-corrected chi connectivity index (χ0v) is 10.6. The average molecular weight is 242 g/mol. The molecule has 0 bridgehead atoms. The first-order valence-electron chi connectivity index (χ1n) is 5.68. The van der Waals surface area contributed by atoms with Crippen molar-refractivity contribution in [3.05, 3.63) is 40.9 Å². The Morgan fingerprint density at radius 1 is 1.44 bits per heavy atom. The van der Waals surface area contributed by atoms with Gasteiger partial charge in [-0.3, -0.25) is 0 Å². The molecule has 1 atom stereocenters. The van der Waals surface area contributed by atoms with Crippen molar-refractivity contribution in [2.45, 2.75) is 26.8 Å². The lowest BCUT2D eigenvalue weighted by Gasteiger charge is -2.14. The van der Waals surface area contributed by atoms with Crippen LogP contribution in [-0.2, 0) is 0 Å². The predicted molar refractivity (Wildman–Crippen MR) is 67.0 cm³/mol. The van der Waals surface area contributed by atoms with Gasteiger partial charge in [-0.2, -0.15) is 5.26 Å². The van der Waals surface area contributed by atoms with Gasteiger partial charge < -0.3 is 9.84 Å². The maximum Gasteiger partial charge on any atom is 0.144 e. The van der Waals surface area contributed by atoms with Crippen molar-refractivity contribution in [2.24, 2.45) is 0 Å². The first-order chi connectivity index (χ1) is 8.63. The highest BCUT2D eigenvalue weighted by atomic mass is 16.5. The second-order valence-corrected chi connectivity index (χ2v) is 4.12. The summed E-state index contributed by atoms with van der Waals surface area (Å²) in [6.07, 6.45) is 1.66. The van der Waals surface area contributed by atoms with Crippen molar-refractivity contribution in [1.29, 1.82) is 5.26 Å². The molecule has 5 heteroatoms. The minimum absolute atomic E-state index is 0.0155. The lowest BCUT2D eigenvalue weighted by Crippen LogP contribution is -2.10. The van der Waals surface area contributed by atoms with E-state index in [1.165, 1.54) is 0 Å². The molecule has 2 aromatic heterocycles.